The van der Waals surface area contributed by atoms with Crippen molar-refractivity contribution >= 4 is 0 Å². The Morgan fingerprint density at radius 3 is 2.64 bits per heavy atom. The van der Waals surface area contributed by atoms with Gasteiger partial charge in [-0.15, -0.1) is 0 Å². The Bertz CT molecular complexity index is 292. The third-order valence-electron chi connectivity index (χ3n) is 2.34. The first-order valence-corrected chi connectivity index (χ1v) is 5.04. The molecular formula is C12H18O2. The van der Waals surface area contributed by atoms with Crippen LogP contribution in [0.4, 0.5) is 0 Å². The highest BCUT2D eigenvalue weighted by Gasteiger charge is 2.11. The first-order valence-electron chi connectivity index (χ1n) is 5.04. The van der Waals surface area contributed by atoms with Crippen LogP contribution >= 0.6 is 0 Å². The van der Waals surface area contributed by atoms with Crippen LogP contribution in [0.3, 0.4) is 0 Å². The lowest BCUT2D eigenvalue weighted by molar-refractivity contribution is 0.197. The van der Waals surface area contributed by atoms with Crippen molar-refractivity contribution in [1.29, 1.82) is 0 Å². The van der Waals surface area contributed by atoms with Gasteiger partial charge >= 0.3 is 0 Å². The molecule has 0 radical (unpaired) electrons. The van der Waals surface area contributed by atoms with Crippen LogP contribution < -0.4 is 4.74 Å². The first kappa shape index (κ1) is 11.1. The SMILES string of the molecule is CCCc1c(OC)cccc1C(C)O. The lowest BCUT2D eigenvalue weighted by Crippen LogP contribution is -2.01. The molecule has 1 unspecified atom stereocenters. The van der Waals surface area contributed by atoms with E-state index in [9.17, 15) is 5.11 Å². The summed E-state index contributed by atoms with van der Waals surface area (Å²) in [5.41, 5.74) is 2.11. The van der Waals surface area contributed by atoms with Crippen molar-refractivity contribution in [1.82, 2.24) is 0 Å². The average Bonchev–Trinajstić information content (AvgIpc) is 2.18. The molecule has 0 heterocycles. The molecule has 0 spiro atoms. The lowest BCUT2D eigenvalue weighted by Gasteiger charge is -2.14. The fourth-order valence-corrected chi connectivity index (χ4v) is 1.68. The zero-order valence-electron chi connectivity index (χ0n) is 9.08. The third-order valence-corrected chi connectivity index (χ3v) is 2.34. The number of aliphatic hydroxyl groups is 1. The maximum absolute atomic E-state index is 9.60. The summed E-state index contributed by atoms with van der Waals surface area (Å²) in [5.74, 6) is 0.880. The number of rotatable bonds is 4. The fraction of sp³-hybridized carbons (Fsp3) is 0.500. The summed E-state index contributed by atoms with van der Waals surface area (Å²) in [6.45, 7) is 3.91. The molecule has 1 atom stereocenters. The fourth-order valence-electron chi connectivity index (χ4n) is 1.68. The summed E-state index contributed by atoms with van der Waals surface area (Å²) in [7, 11) is 1.67. The van der Waals surface area contributed by atoms with Gasteiger partial charge in [0, 0.05) is 0 Å². The van der Waals surface area contributed by atoms with Crippen molar-refractivity contribution in [2.75, 3.05) is 7.11 Å². The highest BCUT2D eigenvalue weighted by molar-refractivity contribution is 5.41. The van der Waals surface area contributed by atoms with Gasteiger partial charge in [0.05, 0.1) is 13.2 Å². The van der Waals surface area contributed by atoms with Crippen molar-refractivity contribution in [3.63, 3.8) is 0 Å². The van der Waals surface area contributed by atoms with Gasteiger partial charge in [-0.25, -0.2) is 0 Å². The summed E-state index contributed by atoms with van der Waals surface area (Å²) >= 11 is 0. The quantitative estimate of drug-likeness (QED) is 0.798. The molecule has 1 N–H and O–H groups in total. The minimum atomic E-state index is -0.424. The van der Waals surface area contributed by atoms with Gasteiger partial charge in [-0.05, 0) is 30.5 Å². The smallest absolute Gasteiger partial charge is 0.122 e. The largest absolute Gasteiger partial charge is 0.496 e. The van der Waals surface area contributed by atoms with Gasteiger partial charge in [-0.3, -0.25) is 0 Å². The van der Waals surface area contributed by atoms with Crippen LogP contribution in [0.5, 0.6) is 5.75 Å². The van der Waals surface area contributed by atoms with Gasteiger partial charge in [0.1, 0.15) is 5.75 Å². The van der Waals surface area contributed by atoms with Crippen molar-refractivity contribution < 1.29 is 9.84 Å². The molecule has 14 heavy (non-hydrogen) atoms. The third kappa shape index (κ3) is 2.26. The molecule has 0 amide bonds. The van der Waals surface area contributed by atoms with Gasteiger partial charge in [0.15, 0.2) is 0 Å². The second-order valence-corrected chi connectivity index (χ2v) is 3.45. The zero-order chi connectivity index (χ0) is 10.6. The van der Waals surface area contributed by atoms with E-state index in [0.717, 1.165) is 29.7 Å². The number of methoxy groups -OCH3 is 1. The molecule has 0 aliphatic rings. The Kier molecular flexibility index (Phi) is 3.96. The molecule has 0 saturated heterocycles. The molecule has 1 aromatic carbocycles. The van der Waals surface area contributed by atoms with E-state index >= 15 is 0 Å². The molecule has 2 heteroatoms. The van der Waals surface area contributed by atoms with Crippen LogP contribution in [-0.4, -0.2) is 12.2 Å². The van der Waals surface area contributed by atoms with Crippen LogP contribution in [-0.2, 0) is 6.42 Å². The molecule has 0 aliphatic heterocycles. The van der Waals surface area contributed by atoms with Crippen molar-refractivity contribution in [3.05, 3.63) is 29.3 Å². The van der Waals surface area contributed by atoms with E-state index in [4.69, 9.17) is 4.74 Å². The Hall–Kier alpha value is -1.02. The summed E-state index contributed by atoms with van der Waals surface area (Å²) in [6.07, 6.45) is 1.58. The number of benzene rings is 1. The zero-order valence-corrected chi connectivity index (χ0v) is 9.08. The van der Waals surface area contributed by atoms with E-state index < -0.39 is 6.10 Å². The Morgan fingerprint density at radius 2 is 2.14 bits per heavy atom. The van der Waals surface area contributed by atoms with Gasteiger partial charge in [0.25, 0.3) is 0 Å². The van der Waals surface area contributed by atoms with Gasteiger partial charge < -0.3 is 9.84 Å². The number of aliphatic hydroxyl groups excluding tert-OH is 1. The van der Waals surface area contributed by atoms with Crippen LogP contribution in [0, 0.1) is 0 Å². The lowest BCUT2D eigenvalue weighted by atomic mass is 9.98. The highest BCUT2D eigenvalue weighted by Crippen LogP contribution is 2.27. The molecule has 0 aromatic heterocycles. The van der Waals surface area contributed by atoms with Gasteiger partial charge in [-0.1, -0.05) is 25.5 Å². The van der Waals surface area contributed by atoms with Gasteiger partial charge in [0.2, 0.25) is 0 Å². The highest BCUT2D eigenvalue weighted by atomic mass is 16.5. The van der Waals surface area contributed by atoms with E-state index in [1.165, 1.54) is 0 Å². The van der Waals surface area contributed by atoms with E-state index in [1.807, 2.05) is 18.2 Å². The predicted molar refractivity (Wildman–Crippen MR) is 57.6 cm³/mol. The second kappa shape index (κ2) is 5.01. The number of ether oxygens (including phenoxy) is 1. The summed E-state index contributed by atoms with van der Waals surface area (Å²) in [4.78, 5) is 0. The predicted octanol–water partition coefficient (Wildman–Crippen LogP) is 2.70. The van der Waals surface area contributed by atoms with Crippen LogP contribution in [0.1, 0.15) is 37.5 Å². The minimum absolute atomic E-state index is 0.424. The molecule has 0 fully saturated rings. The monoisotopic (exact) mass is 194 g/mol. The van der Waals surface area contributed by atoms with E-state index in [0.29, 0.717) is 0 Å². The Labute approximate surface area is 85.5 Å². The second-order valence-electron chi connectivity index (χ2n) is 3.45. The topological polar surface area (TPSA) is 29.5 Å². The van der Waals surface area contributed by atoms with Gasteiger partial charge in [-0.2, -0.15) is 0 Å². The van der Waals surface area contributed by atoms with E-state index in [2.05, 4.69) is 6.92 Å². The van der Waals surface area contributed by atoms with Crippen LogP contribution in [0.2, 0.25) is 0 Å². The minimum Gasteiger partial charge on any atom is -0.496 e. The van der Waals surface area contributed by atoms with Crippen LogP contribution in [0.25, 0.3) is 0 Å². The molecule has 0 saturated carbocycles. The maximum atomic E-state index is 9.60. The first-order chi connectivity index (χ1) is 6.70. The standard InChI is InChI=1S/C12H18O2/c1-4-6-11-10(9(2)13)7-5-8-12(11)14-3/h5,7-9,13H,4,6H2,1-3H3. The van der Waals surface area contributed by atoms with Crippen molar-refractivity contribution in [2.45, 2.75) is 32.8 Å². The molecule has 78 valence electrons. The molecule has 0 aliphatic carbocycles. The molecule has 2 nitrogen and oxygen atoms in total. The number of hydrogen-bond acceptors (Lipinski definition) is 2. The maximum Gasteiger partial charge on any atom is 0.122 e. The molecule has 1 aromatic rings. The molecule has 0 bridgehead atoms. The van der Waals surface area contributed by atoms with Crippen molar-refractivity contribution in [2.24, 2.45) is 0 Å². The normalized spacial score (nSPS) is 12.6. The molecular weight excluding hydrogens is 176 g/mol. The van der Waals surface area contributed by atoms with Crippen LogP contribution in [0.15, 0.2) is 18.2 Å². The Balaban J connectivity index is 3.13. The Morgan fingerprint density at radius 1 is 1.43 bits per heavy atom. The van der Waals surface area contributed by atoms with Crippen molar-refractivity contribution in [3.8, 4) is 5.75 Å². The molecule has 1 rings (SSSR count). The van der Waals surface area contributed by atoms with E-state index in [-0.39, 0.29) is 0 Å². The number of hydrogen-bond donors (Lipinski definition) is 1. The average molecular weight is 194 g/mol. The summed E-state index contributed by atoms with van der Waals surface area (Å²) in [6, 6.07) is 5.81. The van der Waals surface area contributed by atoms with E-state index in [1.54, 1.807) is 14.0 Å². The summed E-state index contributed by atoms with van der Waals surface area (Å²) in [5, 5.41) is 9.60. The summed E-state index contributed by atoms with van der Waals surface area (Å²) < 4.78 is 5.28.